The highest BCUT2D eigenvalue weighted by Crippen LogP contribution is 2.33. The van der Waals surface area contributed by atoms with Gasteiger partial charge in [0.05, 0.1) is 4.34 Å². The van der Waals surface area contributed by atoms with E-state index < -0.39 is 10.0 Å². The van der Waals surface area contributed by atoms with Crippen molar-refractivity contribution < 1.29 is 8.42 Å². The van der Waals surface area contributed by atoms with Crippen LogP contribution in [0.25, 0.3) is 5.78 Å². The Kier molecular flexibility index (Phi) is 6.01. The molecule has 0 bridgehead atoms. The number of nitrogens with one attached hydrogen (secondary N) is 1. The largest absolute Gasteiger partial charge is 0.279 e. The van der Waals surface area contributed by atoms with Gasteiger partial charge in [0.1, 0.15) is 15.6 Å². The average Bonchev–Trinajstić information content (AvgIpc) is 3.35. The maximum Gasteiger partial charge on any atom is 0.271 e. The van der Waals surface area contributed by atoms with E-state index in [9.17, 15) is 8.42 Å². The zero-order chi connectivity index (χ0) is 21.3. The molecule has 4 aromatic rings. The topological polar surface area (TPSA) is 89.2 Å². The number of anilines is 1. The Balaban J connectivity index is 1.60. The number of hydrogen-bond acceptors (Lipinski definition) is 7. The third kappa shape index (κ3) is 4.31. The predicted molar refractivity (Wildman–Crippen MR) is 120 cm³/mol. The highest BCUT2D eigenvalue weighted by molar-refractivity contribution is 7.99. The van der Waals surface area contributed by atoms with Gasteiger partial charge in [0.15, 0.2) is 0 Å². The molecule has 0 fully saturated rings. The Hall–Kier alpha value is -2.14. The number of thiophene rings is 1. The maximum atomic E-state index is 12.5. The molecule has 0 atom stereocenters. The maximum absolute atomic E-state index is 12.5. The van der Waals surface area contributed by atoms with E-state index in [1.165, 1.54) is 12.4 Å². The van der Waals surface area contributed by atoms with Gasteiger partial charge in [-0.15, -0.1) is 11.3 Å². The first kappa shape index (κ1) is 21.1. The van der Waals surface area contributed by atoms with Gasteiger partial charge in [-0.2, -0.15) is 14.6 Å². The summed E-state index contributed by atoms with van der Waals surface area (Å²) in [6.07, 6.45) is 3.37. The van der Waals surface area contributed by atoms with Crippen molar-refractivity contribution in [2.45, 2.75) is 40.8 Å². The molecule has 4 rings (SSSR count). The summed E-state index contributed by atoms with van der Waals surface area (Å²) >= 11 is 8.43. The Morgan fingerprint density at radius 1 is 1.20 bits per heavy atom. The molecule has 3 heterocycles. The number of hydrogen-bond donors (Lipinski definition) is 1. The molecule has 0 saturated heterocycles. The fourth-order valence-electron chi connectivity index (χ4n) is 2.95. The van der Waals surface area contributed by atoms with Gasteiger partial charge in [-0.1, -0.05) is 36.7 Å². The molecule has 0 amide bonds. The Morgan fingerprint density at radius 2 is 1.97 bits per heavy atom. The van der Waals surface area contributed by atoms with Gasteiger partial charge >= 0.3 is 0 Å². The van der Waals surface area contributed by atoms with Crippen molar-refractivity contribution in [2.75, 3.05) is 4.72 Å². The number of aromatic nitrogens is 4. The Labute approximate surface area is 187 Å². The van der Waals surface area contributed by atoms with Crippen LogP contribution in [-0.2, 0) is 16.4 Å². The predicted octanol–water partition coefficient (Wildman–Crippen LogP) is 5.05. The van der Waals surface area contributed by atoms with Gasteiger partial charge in [-0.25, -0.2) is 13.4 Å². The Bertz CT molecular complexity index is 1300. The first-order valence-electron chi connectivity index (χ1n) is 9.12. The summed E-state index contributed by atoms with van der Waals surface area (Å²) in [6.45, 7) is 4.11. The summed E-state index contributed by atoms with van der Waals surface area (Å²) in [7, 11) is -3.66. The second kappa shape index (κ2) is 8.54. The number of nitrogens with zero attached hydrogens (tertiary/aromatic N) is 4. The van der Waals surface area contributed by atoms with Crippen molar-refractivity contribution in [1.82, 2.24) is 19.6 Å². The summed E-state index contributed by atoms with van der Waals surface area (Å²) in [4.78, 5) is 9.70. The van der Waals surface area contributed by atoms with Crippen LogP contribution in [0.4, 0.5) is 5.69 Å². The lowest BCUT2D eigenvalue weighted by atomic mass is 10.1. The van der Waals surface area contributed by atoms with Gasteiger partial charge in [-0.3, -0.25) is 4.72 Å². The normalized spacial score (nSPS) is 11.8. The third-order valence-electron chi connectivity index (χ3n) is 4.32. The molecule has 0 aliphatic carbocycles. The fraction of sp³-hybridized carbons (Fsp3) is 0.211. The first-order chi connectivity index (χ1) is 14.4. The van der Waals surface area contributed by atoms with E-state index in [2.05, 4.69) is 26.7 Å². The first-order valence-corrected chi connectivity index (χ1v) is 12.6. The van der Waals surface area contributed by atoms with Gasteiger partial charge < -0.3 is 0 Å². The van der Waals surface area contributed by atoms with E-state index in [1.807, 2.05) is 19.1 Å². The van der Waals surface area contributed by atoms with E-state index >= 15 is 0 Å². The second-order valence-electron chi connectivity index (χ2n) is 6.49. The Morgan fingerprint density at radius 3 is 2.63 bits per heavy atom. The quantitative estimate of drug-likeness (QED) is 0.373. The summed E-state index contributed by atoms with van der Waals surface area (Å²) in [5, 5.41) is 5.29. The van der Waals surface area contributed by atoms with Crippen LogP contribution in [0.2, 0.25) is 4.34 Å². The molecule has 11 heteroatoms. The highest BCUT2D eigenvalue weighted by Gasteiger charge is 2.18. The number of fused-ring (bicyclic) bond motifs is 1. The van der Waals surface area contributed by atoms with E-state index in [0.717, 1.165) is 45.4 Å². The minimum absolute atomic E-state index is 0.177. The number of halogens is 1. The van der Waals surface area contributed by atoms with Crippen molar-refractivity contribution in [2.24, 2.45) is 0 Å². The molecule has 0 radical (unpaired) electrons. The van der Waals surface area contributed by atoms with Crippen LogP contribution >= 0.6 is 34.7 Å². The SMILES string of the molecule is CCCc1c(C)nc2ncnn2c1Sc1ccc(NS(=O)(=O)c2ccc(Cl)s2)cc1. The number of benzene rings is 1. The number of rotatable bonds is 7. The molecular formula is C19H18ClN5O2S3. The molecule has 1 N–H and O–H groups in total. The molecular weight excluding hydrogens is 462 g/mol. The second-order valence-corrected chi connectivity index (χ2v) is 11.2. The van der Waals surface area contributed by atoms with Crippen LogP contribution < -0.4 is 4.72 Å². The summed E-state index contributed by atoms with van der Waals surface area (Å²) in [6, 6.07) is 10.3. The summed E-state index contributed by atoms with van der Waals surface area (Å²) in [5.41, 5.74) is 2.56. The van der Waals surface area contributed by atoms with Gasteiger partial charge in [0.25, 0.3) is 15.8 Å². The molecule has 30 heavy (non-hydrogen) atoms. The van der Waals surface area contributed by atoms with Crippen molar-refractivity contribution in [3.8, 4) is 0 Å². The van der Waals surface area contributed by atoms with Crippen molar-refractivity contribution in [1.29, 1.82) is 0 Å². The molecule has 156 valence electrons. The van der Waals surface area contributed by atoms with Gasteiger partial charge in [-0.05, 0) is 49.7 Å². The molecule has 7 nitrogen and oxygen atoms in total. The molecule has 0 aliphatic heterocycles. The molecule has 0 spiro atoms. The zero-order valence-electron chi connectivity index (χ0n) is 16.2. The van der Waals surface area contributed by atoms with Crippen LogP contribution in [-0.4, -0.2) is 28.0 Å². The zero-order valence-corrected chi connectivity index (χ0v) is 19.4. The van der Waals surface area contributed by atoms with E-state index in [-0.39, 0.29) is 4.21 Å². The molecule has 0 unspecified atom stereocenters. The lowest BCUT2D eigenvalue weighted by Crippen LogP contribution is -2.11. The van der Waals surface area contributed by atoms with Gasteiger partial charge in [0, 0.05) is 21.8 Å². The summed E-state index contributed by atoms with van der Waals surface area (Å²) in [5.74, 6) is 0.564. The standard InChI is InChI=1S/C19H18ClN5O2S3/c1-3-4-15-12(2)23-19-21-11-22-25(19)18(15)28-14-7-5-13(6-8-14)24-30(26,27)17-10-9-16(20)29-17/h5-11,24H,3-4H2,1-2H3. The smallest absolute Gasteiger partial charge is 0.271 e. The highest BCUT2D eigenvalue weighted by atomic mass is 35.5. The molecule has 1 aromatic carbocycles. The average molecular weight is 480 g/mol. The van der Waals surface area contributed by atoms with Crippen LogP contribution in [0, 0.1) is 6.92 Å². The fourth-order valence-corrected chi connectivity index (χ4v) is 6.57. The monoisotopic (exact) mass is 479 g/mol. The van der Waals surface area contributed by atoms with Crippen molar-refractivity contribution >= 4 is 56.2 Å². The number of sulfonamides is 1. The molecule has 0 saturated carbocycles. The lowest BCUT2D eigenvalue weighted by Gasteiger charge is -2.13. The third-order valence-corrected chi connectivity index (χ3v) is 8.54. The van der Waals surface area contributed by atoms with Gasteiger partial charge in [0.2, 0.25) is 0 Å². The van der Waals surface area contributed by atoms with Crippen LogP contribution in [0.5, 0.6) is 0 Å². The minimum Gasteiger partial charge on any atom is -0.279 e. The minimum atomic E-state index is -3.66. The summed E-state index contributed by atoms with van der Waals surface area (Å²) < 4.78 is 29.9. The van der Waals surface area contributed by atoms with E-state index in [1.54, 1.807) is 34.5 Å². The van der Waals surface area contributed by atoms with Crippen LogP contribution in [0.3, 0.4) is 0 Å². The van der Waals surface area contributed by atoms with Crippen molar-refractivity contribution in [3.63, 3.8) is 0 Å². The van der Waals surface area contributed by atoms with Crippen LogP contribution in [0.15, 0.2) is 56.9 Å². The van der Waals surface area contributed by atoms with E-state index in [0.29, 0.717) is 15.8 Å². The van der Waals surface area contributed by atoms with E-state index in [4.69, 9.17) is 11.6 Å². The number of aryl methyl sites for hydroxylation is 1. The molecule has 0 aliphatic rings. The van der Waals surface area contributed by atoms with Crippen molar-refractivity contribution in [3.05, 3.63) is 58.3 Å². The molecule has 3 aromatic heterocycles. The van der Waals surface area contributed by atoms with Crippen LogP contribution in [0.1, 0.15) is 24.6 Å². The lowest BCUT2D eigenvalue weighted by molar-refractivity contribution is 0.603.